The van der Waals surface area contributed by atoms with Crippen LogP contribution in [-0.2, 0) is 19.1 Å². The molecule has 0 amide bonds. The Balaban J connectivity index is 5.15. The van der Waals surface area contributed by atoms with Crippen LogP contribution >= 0.6 is 0 Å². The van der Waals surface area contributed by atoms with Gasteiger partial charge in [0.1, 0.15) is 16.8 Å². The zero-order valence-corrected chi connectivity index (χ0v) is 20.1. The minimum absolute atomic E-state index is 0.140. The van der Waals surface area contributed by atoms with Crippen LogP contribution in [0.1, 0.15) is 119 Å². The smallest absolute Gasteiger partial charge is 0.320 e. The number of ether oxygens (including phenoxy) is 1. The van der Waals surface area contributed by atoms with Gasteiger partial charge in [-0.1, -0.05) is 50.7 Å². The number of unbranched alkanes of at least 4 members (excludes halogenated alkanes) is 5. The number of carbonyl (C=O) groups is 3. The lowest BCUT2D eigenvalue weighted by Crippen LogP contribution is -2.42. The Bertz CT molecular complexity index is 571. The predicted molar refractivity (Wildman–Crippen MR) is 121 cm³/mol. The van der Waals surface area contributed by atoms with Crippen molar-refractivity contribution in [2.75, 3.05) is 0 Å². The summed E-state index contributed by atoms with van der Waals surface area (Å²) in [7, 11) is 0. The molecule has 0 aliphatic carbocycles. The summed E-state index contributed by atoms with van der Waals surface area (Å²) in [4.78, 5) is 36.4. The first-order valence-corrected chi connectivity index (χ1v) is 11.6. The van der Waals surface area contributed by atoms with Gasteiger partial charge in [-0.15, -0.1) is 0 Å². The van der Waals surface area contributed by atoms with Gasteiger partial charge in [-0.25, -0.2) is 0 Å². The van der Waals surface area contributed by atoms with Gasteiger partial charge in [-0.05, 0) is 73.1 Å². The highest BCUT2D eigenvalue weighted by Gasteiger charge is 2.44. The first-order chi connectivity index (χ1) is 13.9. The third-order valence-corrected chi connectivity index (χ3v) is 5.45. The molecule has 5 heteroatoms. The van der Waals surface area contributed by atoms with Crippen LogP contribution in [0.25, 0.3) is 0 Å². The second-order valence-electron chi connectivity index (χ2n) is 9.49. The number of carboxylic acids is 1. The Morgan fingerprint density at radius 2 is 1.47 bits per heavy atom. The largest absolute Gasteiger partial charge is 0.481 e. The maximum Gasteiger partial charge on any atom is 0.320 e. The van der Waals surface area contributed by atoms with Crippen molar-refractivity contribution in [2.45, 2.75) is 124 Å². The molecule has 174 valence electrons. The van der Waals surface area contributed by atoms with Crippen LogP contribution in [0.5, 0.6) is 0 Å². The van der Waals surface area contributed by atoms with E-state index in [0.29, 0.717) is 32.1 Å². The molecular weight excluding hydrogens is 380 g/mol. The molecule has 0 saturated carbocycles. The third kappa shape index (κ3) is 12.1. The van der Waals surface area contributed by atoms with Crippen molar-refractivity contribution in [3.05, 3.63) is 11.6 Å². The molecule has 0 fully saturated rings. The van der Waals surface area contributed by atoms with Crippen molar-refractivity contribution in [3.8, 4) is 0 Å². The number of aliphatic carboxylic acids is 1. The Hall–Kier alpha value is -1.65. The van der Waals surface area contributed by atoms with E-state index in [-0.39, 0.29) is 12.2 Å². The average molecular weight is 425 g/mol. The van der Waals surface area contributed by atoms with Gasteiger partial charge in [-0.3, -0.25) is 14.4 Å². The van der Waals surface area contributed by atoms with E-state index in [1.54, 1.807) is 0 Å². The predicted octanol–water partition coefficient (Wildman–Crippen LogP) is 6.64. The Kier molecular flexibility index (Phi) is 13.6. The van der Waals surface area contributed by atoms with Gasteiger partial charge >= 0.3 is 11.9 Å². The molecular formula is C25H44O5. The zero-order valence-electron chi connectivity index (χ0n) is 20.1. The average Bonchev–Trinajstić information content (AvgIpc) is 2.61. The Labute approximate surface area is 183 Å². The summed E-state index contributed by atoms with van der Waals surface area (Å²) < 4.78 is 5.65. The van der Waals surface area contributed by atoms with Crippen LogP contribution in [-0.4, -0.2) is 28.4 Å². The van der Waals surface area contributed by atoms with Crippen molar-refractivity contribution >= 4 is 17.7 Å². The van der Waals surface area contributed by atoms with Crippen molar-refractivity contribution in [3.63, 3.8) is 0 Å². The van der Waals surface area contributed by atoms with Crippen molar-refractivity contribution < 1.29 is 24.2 Å². The monoisotopic (exact) mass is 424 g/mol. The molecule has 0 aromatic carbocycles. The summed E-state index contributed by atoms with van der Waals surface area (Å²) in [5.74, 6) is -1.35. The van der Waals surface area contributed by atoms with E-state index >= 15 is 0 Å². The number of Topliss-reactive ketones (excluding diaryl/α,β-unsaturated/α-hetero) is 1. The van der Waals surface area contributed by atoms with Gasteiger partial charge in [-0.2, -0.15) is 0 Å². The number of carboxylic acid groups (broad SMARTS) is 1. The number of allylic oxidation sites excluding steroid dienone is 2. The van der Waals surface area contributed by atoms with E-state index < -0.39 is 23.0 Å². The van der Waals surface area contributed by atoms with E-state index in [2.05, 4.69) is 19.9 Å². The number of hydrogen-bond acceptors (Lipinski definition) is 4. The van der Waals surface area contributed by atoms with Crippen LogP contribution in [0.4, 0.5) is 0 Å². The lowest BCUT2D eigenvalue weighted by atomic mass is 9.75. The topological polar surface area (TPSA) is 80.7 Å². The fourth-order valence-corrected chi connectivity index (χ4v) is 3.58. The van der Waals surface area contributed by atoms with Crippen LogP contribution in [0.2, 0.25) is 0 Å². The second-order valence-corrected chi connectivity index (χ2v) is 9.49. The molecule has 5 nitrogen and oxygen atoms in total. The number of rotatable bonds is 16. The molecule has 1 unspecified atom stereocenters. The normalized spacial score (nSPS) is 14.3. The molecule has 0 rings (SSSR count). The summed E-state index contributed by atoms with van der Waals surface area (Å²) >= 11 is 0. The summed E-state index contributed by atoms with van der Waals surface area (Å²) in [6.45, 7) is 11.2. The molecule has 0 heterocycles. The van der Waals surface area contributed by atoms with Gasteiger partial charge < -0.3 is 9.84 Å². The standard InChI is InChI=1S/C25H44O5/c1-7-8-11-15-20(2)16-14-19-25(21(3)26,23(29)30-24(4,5)6)18-13-10-9-12-17-22(27)28/h16H,7-15,17-19H2,1-6H3,(H,27,28)/b20-16+. The molecule has 0 aromatic heterocycles. The maximum atomic E-state index is 13.1. The quantitative estimate of drug-likeness (QED) is 0.130. The van der Waals surface area contributed by atoms with Crippen LogP contribution in [0.15, 0.2) is 11.6 Å². The molecule has 0 spiro atoms. The van der Waals surface area contributed by atoms with Crippen LogP contribution in [0, 0.1) is 5.41 Å². The SMILES string of the molecule is CCCCC/C(C)=C/CCC(CCCCCCC(=O)O)(C(C)=O)C(=O)OC(C)(C)C. The van der Waals surface area contributed by atoms with Crippen molar-refractivity contribution in [1.82, 2.24) is 0 Å². The van der Waals surface area contributed by atoms with E-state index in [1.165, 1.54) is 31.8 Å². The summed E-state index contributed by atoms with van der Waals surface area (Å²) in [6, 6.07) is 0. The van der Waals surface area contributed by atoms with E-state index in [0.717, 1.165) is 19.3 Å². The summed E-state index contributed by atoms with van der Waals surface area (Å²) in [5, 5.41) is 8.75. The van der Waals surface area contributed by atoms with Crippen molar-refractivity contribution in [2.24, 2.45) is 5.41 Å². The first kappa shape index (κ1) is 28.4. The number of esters is 1. The fourth-order valence-electron chi connectivity index (χ4n) is 3.58. The second kappa shape index (κ2) is 14.4. The molecule has 1 atom stereocenters. The zero-order chi connectivity index (χ0) is 23.2. The highest BCUT2D eigenvalue weighted by atomic mass is 16.6. The highest BCUT2D eigenvalue weighted by molar-refractivity contribution is 6.02. The molecule has 0 radical (unpaired) electrons. The van der Waals surface area contributed by atoms with Gasteiger partial charge in [0.25, 0.3) is 0 Å². The molecule has 0 aliphatic rings. The highest BCUT2D eigenvalue weighted by Crippen LogP contribution is 2.36. The number of ketones is 1. The lowest BCUT2D eigenvalue weighted by molar-refractivity contribution is -0.171. The van der Waals surface area contributed by atoms with Gasteiger partial charge in [0, 0.05) is 6.42 Å². The van der Waals surface area contributed by atoms with E-state index in [4.69, 9.17) is 9.84 Å². The molecule has 1 N–H and O–H groups in total. The fraction of sp³-hybridized carbons (Fsp3) is 0.800. The summed E-state index contributed by atoms with van der Waals surface area (Å²) in [5.41, 5.74) is -0.468. The van der Waals surface area contributed by atoms with Gasteiger partial charge in [0.15, 0.2) is 0 Å². The lowest BCUT2D eigenvalue weighted by Gasteiger charge is -2.32. The third-order valence-electron chi connectivity index (χ3n) is 5.45. The number of hydrogen-bond donors (Lipinski definition) is 1. The molecule has 0 aromatic rings. The van der Waals surface area contributed by atoms with Crippen molar-refractivity contribution in [1.29, 1.82) is 0 Å². The van der Waals surface area contributed by atoms with Crippen LogP contribution < -0.4 is 0 Å². The minimum Gasteiger partial charge on any atom is -0.481 e. The maximum absolute atomic E-state index is 13.1. The molecule has 0 saturated heterocycles. The van der Waals surface area contributed by atoms with Gasteiger partial charge in [0.05, 0.1) is 0 Å². The van der Waals surface area contributed by atoms with E-state index in [9.17, 15) is 14.4 Å². The molecule has 0 aliphatic heterocycles. The Morgan fingerprint density at radius 1 is 0.867 bits per heavy atom. The summed E-state index contributed by atoms with van der Waals surface area (Å²) in [6.07, 6.45) is 11.4. The Morgan fingerprint density at radius 3 is 2.00 bits per heavy atom. The first-order valence-electron chi connectivity index (χ1n) is 11.6. The minimum atomic E-state index is -1.12. The molecule has 0 bridgehead atoms. The van der Waals surface area contributed by atoms with Gasteiger partial charge in [0.2, 0.25) is 0 Å². The van der Waals surface area contributed by atoms with Crippen LogP contribution in [0.3, 0.4) is 0 Å². The number of carbonyl (C=O) groups excluding carboxylic acids is 2. The molecule has 30 heavy (non-hydrogen) atoms. The van der Waals surface area contributed by atoms with E-state index in [1.807, 2.05) is 20.8 Å².